The normalized spacial score (nSPS) is 29.2. The van der Waals surface area contributed by atoms with Crippen molar-refractivity contribution in [3.63, 3.8) is 0 Å². The highest BCUT2D eigenvalue weighted by molar-refractivity contribution is 4.85. The summed E-state index contributed by atoms with van der Waals surface area (Å²) in [6.07, 6.45) is 2.39. The Bertz CT molecular complexity index is 238. The van der Waals surface area contributed by atoms with Crippen LogP contribution in [0.1, 0.15) is 40.5 Å². The molecule has 0 aliphatic carbocycles. The molecule has 4 nitrogen and oxygen atoms in total. The molecule has 1 fully saturated rings. The minimum Gasteiger partial charge on any atom is -0.394 e. The standard InChI is InChI=1S/C14H30N2O2/c1-5-7-15-14(4,11-17)6-8-16-9-13(3)18-10-12(16)2/h12-13,15,17H,5-11H2,1-4H3. The van der Waals surface area contributed by atoms with E-state index in [4.69, 9.17) is 4.74 Å². The summed E-state index contributed by atoms with van der Waals surface area (Å²) in [5.74, 6) is 0. The Morgan fingerprint density at radius 1 is 1.44 bits per heavy atom. The number of nitrogens with zero attached hydrogens (tertiary/aromatic N) is 1. The molecule has 0 saturated carbocycles. The van der Waals surface area contributed by atoms with Crippen LogP contribution in [-0.4, -0.2) is 60.5 Å². The first-order valence-corrected chi connectivity index (χ1v) is 7.22. The van der Waals surface area contributed by atoms with Gasteiger partial charge in [0, 0.05) is 24.7 Å². The van der Waals surface area contributed by atoms with Gasteiger partial charge in [-0.2, -0.15) is 0 Å². The lowest BCUT2D eigenvalue weighted by Gasteiger charge is -2.39. The van der Waals surface area contributed by atoms with Gasteiger partial charge in [-0.05, 0) is 40.2 Å². The molecule has 0 radical (unpaired) electrons. The fourth-order valence-electron chi connectivity index (χ4n) is 2.32. The zero-order valence-electron chi connectivity index (χ0n) is 12.4. The van der Waals surface area contributed by atoms with Gasteiger partial charge in [-0.3, -0.25) is 4.90 Å². The fraction of sp³-hybridized carbons (Fsp3) is 1.00. The minimum atomic E-state index is -0.155. The van der Waals surface area contributed by atoms with Crippen LogP contribution in [0.2, 0.25) is 0 Å². The van der Waals surface area contributed by atoms with Gasteiger partial charge in [0.1, 0.15) is 0 Å². The van der Waals surface area contributed by atoms with Crippen molar-refractivity contribution in [2.75, 3.05) is 32.8 Å². The summed E-state index contributed by atoms with van der Waals surface area (Å²) in [6, 6.07) is 0.482. The number of ether oxygens (including phenoxy) is 1. The molecule has 1 heterocycles. The van der Waals surface area contributed by atoms with Crippen LogP contribution in [0.15, 0.2) is 0 Å². The van der Waals surface area contributed by atoms with Crippen molar-refractivity contribution in [1.82, 2.24) is 10.2 Å². The van der Waals surface area contributed by atoms with Gasteiger partial charge in [0.2, 0.25) is 0 Å². The fourth-order valence-corrected chi connectivity index (χ4v) is 2.32. The topological polar surface area (TPSA) is 44.7 Å². The zero-order chi connectivity index (χ0) is 13.6. The molecule has 18 heavy (non-hydrogen) atoms. The largest absolute Gasteiger partial charge is 0.394 e. The third-order valence-corrected chi connectivity index (χ3v) is 3.84. The van der Waals surface area contributed by atoms with E-state index in [0.717, 1.165) is 39.1 Å². The van der Waals surface area contributed by atoms with E-state index in [2.05, 4.69) is 37.9 Å². The monoisotopic (exact) mass is 258 g/mol. The lowest BCUT2D eigenvalue weighted by Crippen LogP contribution is -2.52. The van der Waals surface area contributed by atoms with Crippen LogP contribution in [0.3, 0.4) is 0 Å². The van der Waals surface area contributed by atoms with Gasteiger partial charge >= 0.3 is 0 Å². The molecule has 1 rings (SSSR count). The lowest BCUT2D eigenvalue weighted by molar-refractivity contribution is -0.0523. The van der Waals surface area contributed by atoms with Crippen LogP contribution >= 0.6 is 0 Å². The summed E-state index contributed by atoms with van der Waals surface area (Å²) >= 11 is 0. The summed E-state index contributed by atoms with van der Waals surface area (Å²) in [5, 5.41) is 13.0. The predicted molar refractivity (Wildman–Crippen MR) is 74.9 cm³/mol. The Labute approximate surface area is 112 Å². The Kier molecular flexibility index (Phi) is 6.57. The van der Waals surface area contributed by atoms with Gasteiger partial charge in [0.15, 0.2) is 0 Å². The van der Waals surface area contributed by atoms with Gasteiger partial charge in [-0.1, -0.05) is 6.92 Å². The van der Waals surface area contributed by atoms with Gasteiger partial charge in [-0.25, -0.2) is 0 Å². The second kappa shape index (κ2) is 7.43. The molecule has 0 aromatic rings. The average Bonchev–Trinajstić information content (AvgIpc) is 2.37. The van der Waals surface area contributed by atoms with Gasteiger partial charge in [0.05, 0.1) is 19.3 Å². The molecular formula is C14H30N2O2. The minimum absolute atomic E-state index is 0.155. The summed E-state index contributed by atoms with van der Waals surface area (Å²) in [4.78, 5) is 2.47. The van der Waals surface area contributed by atoms with Crippen LogP contribution in [0.5, 0.6) is 0 Å². The third-order valence-electron chi connectivity index (χ3n) is 3.84. The molecule has 2 N–H and O–H groups in total. The van der Waals surface area contributed by atoms with E-state index in [1.165, 1.54) is 0 Å². The number of hydrogen-bond acceptors (Lipinski definition) is 4. The second-order valence-corrected chi connectivity index (χ2v) is 5.88. The van der Waals surface area contributed by atoms with Crippen molar-refractivity contribution in [2.45, 2.75) is 58.2 Å². The Hall–Kier alpha value is -0.160. The maximum absolute atomic E-state index is 9.55. The molecule has 1 saturated heterocycles. The van der Waals surface area contributed by atoms with Crippen molar-refractivity contribution in [3.8, 4) is 0 Å². The van der Waals surface area contributed by atoms with Crippen LogP contribution in [0.4, 0.5) is 0 Å². The number of nitrogens with one attached hydrogen (secondary N) is 1. The van der Waals surface area contributed by atoms with Crippen LogP contribution in [0, 0.1) is 0 Å². The summed E-state index contributed by atoms with van der Waals surface area (Å²) in [5.41, 5.74) is -0.155. The molecule has 0 aromatic carbocycles. The van der Waals surface area contributed by atoms with Gasteiger partial charge in [-0.15, -0.1) is 0 Å². The smallest absolute Gasteiger partial charge is 0.0674 e. The van der Waals surface area contributed by atoms with E-state index in [-0.39, 0.29) is 12.1 Å². The first-order valence-electron chi connectivity index (χ1n) is 7.22. The summed E-state index contributed by atoms with van der Waals surface area (Å²) in [6.45, 7) is 12.6. The number of aliphatic hydroxyl groups is 1. The Morgan fingerprint density at radius 3 is 2.78 bits per heavy atom. The highest BCUT2D eigenvalue weighted by atomic mass is 16.5. The quantitative estimate of drug-likeness (QED) is 0.721. The molecule has 1 aliphatic rings. The second-order valence-electron chi connectivity index (χ2n) is 5.88. The van der Waals surface area contributed by atoms with Crippen molar-refractivity contribution < 1.29 is 9.84 Å². The van der Waals surface area contributed by atoms with E-state index >= 15 is 0 Å². The first kappa shape index (κ1) is 15.9. The van der Waals surface area contributed by atoms with Crippen LogP contribution in [0.25, 0.3) is 0 Å². The van der Waals surface area contributed by atoms with Crippen molar-refractivity contribution >= 4 is 0 Å². The number of aliphatic hydroxyl groups excluding tert-OH is 1. The molecule has 0 aromatic heterocycles. The number of rotatable bonds is 7. The predicted octanol–water partition coefficient (Wildman–Crippen LogP) is 1.24. The molecule has 3 atom stereocenters. The molecule has 0 amide bonds. The summed E-state index contributed by atoms with van der Waals surface area (Å²) in [7, 11) is 0. The highest BCUT2D eigenvalue weighted by Crippen LogP contribution is 2.16. The van der Waals surface area contributed by atoms with E-state index in [1.807, 2.05) is 0 Å². The molecule has 0 spiro atoms. The van der Waals surface area contributed by atoms with Gasteiger partial charge < -0.3 is 15.2 Å². The van der Waals surface area contributed by atoms with Crippen molar-refractivity contribution in [1.29, 1.82) is 0 Å². The molecule has 0 bridgehead atoms. The zero-order valence-corrected chi connectivity index (χ0v) is 12.4. The van der Waals surface area contributed by atoms with E-state index < -0.39 is 0 Å². The molecule has 1 aliphatic heterocycles. The molecule has 4 heteroatoms. The summed E-state index contributed by atoms with van der Waals surface area (Å²) < 4.78 is 5.64. The first-order chi connectivity index (χ1) is 8.50. The van der Waals surface area contributed by atoms with Crippen molar-refractivity contribution in [3.05, 3.63) is 0 Å². The Morgan fingerprint density at radius 2 is 2.17 bits per heavy atom. The molecular weight excluding hydrogens is 228 g/mol. The lowest BCUT2D eigenvalue weighted by atomic mass is 9.97. The number of hydrogen-bond donors (Lipinski definition) is 2. The van der Waals surface area contributed by atoms with E-state index in [0.29, 0.717) is 12.1 Å². The SMILES string of the molecule is CCCNC(C)(CO)CCN1CC(C)OCC1C. The van der Waals surface area contributed by atoms with Crippen LogP contribution in [-0.2, 0) is 4.74 Å². The maximum Gasteiger partial charge on any atom is 0.0674 e. The average molecular weight is 258 g/mol. The molecule has 3 unspecified atom stereocenters. The van der Waals surface area contributed by atoms with E-state index in [9.17, 15) is 5.11 Å². The van der Waals surface area contributed by atoms with Crippen LogP contribution < -0.4 is 5.32 Å². The molecule has 108 valence electrons. The maximum atomic E-state index is 9.55. The number of morpholine rings is 1. The third kappa shape index (κ3) is 4.84. The van der Waals surface area contributed by atoms with Gasteiger partial charge in [0.25, 0.3) is 0 Å². The van der Waals surface area contributed by atoms with Crippen molar-refractivity contribution in [2.24, 2.45) is 0 Å². The Balaban J connectivity index is 2.40. The highest BCUT2D eigenvalue weighted by Gasteiger charge is 2.27. The van der Waals surface area contributed by atoms with E-state index in [1.54, 1.807) is 0 Å².